The van der Waals surface area contributed by atoms with E-state index in [0.29, 0.717) is 0 Å². The number of aromatic hydroxyl groups is 1. The van der Waals surface area contributed by atoms with Crippen molar-refractivity contribution in [2.45, 2.75) is 31.6 Å². The van der Waals surface area contributed by atoms with E-state index >= 15 is 0 Å². The molecule has 0 saturated carbocycles. The molecule has 1 fully saturated rings. The molecule has 1 aliphatic rings. The zero-order valence-corrected chi connectivity index (χ0v) is 11.1. The summed E-state index contributed by atoms with van der Waals surface area (Å²) in [5, 5.41) is 23.4. The van der Waals surface area contributed by atoms with Crippen LogP contribution in [0.3, 0.4) is 0 Å². The Morgan fingerprint density at radius 3 is 2.89 bits per heavy atom. The molecular formula is C12H17NO4S. The highest BCUT2D eigenvalue weighted by atomic mass is 32.1. The highest BCUT2D eigenvalue weighted by molar-refractivity contribution is 7.10. The molecule has 0 aromatic carbocycles. The summed E-state index contributed by atoms with van der Waals surface area (Å²) in [7, 11) is 1.62. The van der Waals surface area contributed by atoms with Gasteiger partial charge in [0.1, 0.15) is 11.8 Å². The summed E-state index contributed by atoms with van der Waals surface area (Å²) in [6.07, 6.45) is 0.142. The molecule has 1 aromatic rings. The number of aliphatic carboxylic acids is 1. The normalized spacial score (nSPS) is 29.3. The first kappa shape index (κ1) is 13.3. The molecule has 1 saturated heterocycles. The van der Waals surface area contributed by atoms with Crippen LogP contribution in [0.15, 0.2) is 11.4 Å². The summed E-state index contributed by atoms with van der Waals surface area (Å²) in [6, 6.07) is 0.917. The molecule has 0 radical (unpaired) electrons. The first-order valence-corrected chi connectivity index (χ1v) is 6.74. The summed E-state index contributed by atoms with van der Waals surface area (Å²) < 4.78 is 5.82. The van der Waals surface area contributed by atoms with Crippen molar-refractivity contribution in [2.24, 2.45) is 5.92 Å². The molecule has 2 unspecified atom stereocenters. The van der Waals surface area contributed by atoms with Gasteiger partial charge in [0.2, 0.25) is 0 Å². The van der Waals surface area contributed by atoms with Crippen molar-refractivity contribution in [3.63, 3.8) is 0 Å². The van der Waals surface area contributed by atoms with Gasteiger partial charge in [0, 0.05) is 0 Å². The van der Waals surface area contributed by atoms with E-state index in [9.17, 15) is 9.90 Å². The maximum Gasteiger partial charge on any atom is 0.323 e. The number of thiophene rings is 1. The SMILES string of the molecule is CNC(C(=O)O)[C@@H]1OC(c2sccc2O)C[C@H]1C. The Balaban J connectivity index is 2.14. The first-order chi connectivity index (χ1) is 8.54. The number of rotatable bonds is 4. The maximum atomic E-state index is 11.1. The summed E-state index contributed by atoms with van der Waals surface area (Å²) in [5.74, 6) is -0.551. The second kappa shape index (κ2) is 5.26. The molecule has 0 spiro atoms. The Kier molecular flexibility index (Phi) is 3.89. The van der Waals surface area contributed by atoms with Crippen LogP contribution in [-0.4, -0.2) is 35.4 Å². The number of carboxylic acids is 1. The van der Waals surface area contributed by atoms with Crippen LogP contribution in [0.4, 0.5) is 0 Å². The van der Waals surface area contributed by atoms with Crippen LogP contribution >= 0.6 is 11.3 Å². The van der Waals surface area contributed by atoms with Gasteiger partial charge < -0.3 is 20.3 Å². The average molecular weight is 271 g/mol. The quantitative estimate of drug-likeness (QED) is 0.775. The molecule has 0 aliphatic carbocycles. The lowest BCUT2D eigenvalue weighted by Gasteiger charge is -2.22. The van der Waals surface area contributed by atoms with Gasteiger partial charge in [-0.2, -0.15) is 0 Å². The molecule has 1 aromatic heterocycles. The standard InChI is InChI=1S/C12H17NO4S/c1-6-5-8(11-7(14)3-4-18-11)17-10(6)9(13-2)12(15)16/h3-4,6,8-10,13-14H,5H2,1-2H3,(H,15,16)/t6-,8?,9?,10-/m1/s1. The minimum absolute atomic E-state index is 0.130. The zero-order valence-electron chi connectivity index (χ0n) is 10.3. The molecule has 0 amide bonds. The smallest absolute Gasteiger partial charge is 0.323 e. The van der Waals surface area contributed by atoms with E-state index < -0.39 is 12.0 Å². The minimum Gasteiger partial charge on any atom is -0.507 e. The molecule has 0 bridgehead atoms. The number of hydrogen-bond donors (Lipinski definition) is 3. The molecule has 4 atom stereocenters. The molecule has 100 valence electrons. The third kappa shape index (κ3) is 2.36. The average Bonchev–Trinajstić information content (AvgIpc) is 2.86. The van der Waals surface area contributed by atoms with E-state index in [2.05, 4.69) is 5.32 Å². The van der Waals surface area contributed by atoms with Crippen molar-refractivity contribution >= 4 is 17.3 Å². The number of ether oxygens (including phenoxy) is 1. The zero-order chi connectivity index (χ0) is 13.3. The summed E-state index contributed by atoms with van der Waals surface area (Å²) in [4.78, 5) is 11.9. The van der Waals surface area contributed by atoms with E-state index in [1.54, 1.807) is 18.5 Å². The van der Waals surface area contributed by atoms with Crippen LogP contribution in [0.2, 0.25) is 0 Å². The van der Waals surface area contributed by atoms with Gasteiger partial charge in [-0.1, -0.05) is 6.92 Å². The van der Waals surface area contributed by atoms with E-state index in [1.807, 2.05) is 6.92 Å². The Hall–Kier alpha value is -1.11. The lowest BCUT2D eigenvalue weighted by molar-refractivity contribution is -0.144. The highest BCUT2D eigenvalue weighted by Gasteiger charge is 2.41. The second-order valence-corrected chi connectivity index (χ2v) is 5.52. The van der Waals surface area contributed by atoms with Crippen LogP contribution in [0.5, 0.6) is 5.75 Å². The van der Waals surface area contributed by atoms with Crippen molar-refractivity contribution in [1.82, 2.24) is 5.32 Å². The molecule has 2 heterocycles. The Morgan fingerprint density at radius 2 is 2.39 bits per heavy atom. The number of hydrogen-bond acceptors (Lipinski definition) is 5. The monoisotopic (exact) mass is 271 g/mol. The Bertz CT molecular complexity index is 433. The van der Waals surface area contributed by atoms with Crippen LogP contribution in [0.25, 0.3) is 0 Å². The van der Waals surface area contributed by atoms with Gasteiger partial charge in [0.25, 0.3) is 0 Å². The van der Waals surface area contributed by atoms with Crippen molar-refractivity contribution in [2.75, 3.05) is 7.05 Å². The van der Waals surface area contributed by atoms with E-state index in [0.717, 1.165) is 11.3 Å². The van der Waals surface area contributed by atoms with Crippen LogP contribution in [0.1, 0.15) is 24.3 Å². The Labute approximate surface area is 109 Å². The summed E-state index contributed by atoms with van der Waals surface area (Å²) in [6.45, 7) is 1.97. The number of carbonyl (C=O) groups is 1. The van der Waals surface area contributed by atoms with Gasteiger partial charge in [-0.15, -0.1) is 11.3 Å². The van der Waals surface area contributed by atoms with Gasteiger partial charge in [0.05, 0.1) is 17.1 Å². The van der Waals surface area contributed by atoms with Gasteiger partial charge in [0.15, 0.2) is 0 Å². The number of carboxylic acid groups (broad SMARTS) is 1. The molecule has 5 nitrogen and oxygen atoms in total. The predicted molar refractivity (Wildman–Crippen MR) is 67.9 cm³/mol. The molecule has 3 N–H and O–H groups in total. The van der Waals surface area contributed by atoms with E-state index in [1.165, 1.54) is 11.3 Å². The van der Waals surface area contributed by atoms with E-state index in [-0.39, 0.29) is 23.9 Å². The maximum absolute atomic E-state index is 11.1. The molecule has 1 aliphatic heterocycles. The molecule has 6 heteroatoms. The third-order valence-corrected chi connectivity index (χ3v) is 4.34. The summed E-state index contributed by atoms with van der Waals surface area (Å²) >= 11 is 1.44. The minimum atomic E-state index is -0.912. The molecular weight excluding hydrogens is 254 g/mol. The lowest BCUT2D eigenvalue weighted by atomic mass is 9.96. The van der Waals surface area contributed by atoms with Crippen LogP contribution in [-0.2, 0) is 9.53 Å². The van der Waals surface area contributed by atoms with Crippen molar-refractivity contribution in [3.05, 3.63) is 16.3 Å². The topological polar surface area (TPSA) is 78.8 Å². The largest absolute Gasteiger partial charge is 0.507 e. The number of likely N-dealkylation sites (N-methyl/N-ethyl adjacent to an activating group) is 1. The van der Waals surface area contributed by atoms with Gasteiger partial charge >= 0.3 is 5.97 Å². The van der Waals surface area contributed by atoms with E-state index in [4.69, 9.17) is 9.84 Å². The summed E-state index contributed by atoms with van der Waals surface area (Å²) in [5.41, 5.74) is 0. The first-order valence-electron chi connectivity index (χ1n) is 5.86. The second-order valence-electron chi connectivity index (χ2n) is 4.58. The number of nitrogens with one attached hydrogen (secondary N) is 1. The fraction of sp³-hybridized carbons (Fsp3) is 0.583. The van der Waals surface area contributed by atoms with Crippen molar-refractivity contribution in [3.8, 4) is 5.75 Å². The fourth-order valence-corrected chi connectivity index (χ4v) is 3.25. The predicted octanol–water partition coefficient (Wildman–Crippen LogP) is 1.59. The fourth-order valence-electron chi connectivity index (χ4n) is 2.41. The third-order valence-electron chi connectivity index (χ3n) is 3.34. The van der Waals surface area contributed by atoms with Gasteiger partial charge in [-0.3, -0.25) is 4.79 Å². The molecule has 2 rings (SSSR count). The van der Waals surface area contributed by atoms with Gasteiger partial charge in [-0.25, -0.2) is 0 Å². The van der Waals surface area contributed by atoms with Crippen LogP contribution in [0, 0.1) is 5.92 Å². The molecule has 18 heavy (non-hydrogen) atoms. The Morgan fingerprint density at radius 1 is 1.67 bits per heavy atom. The van der Waals surface area contributed by atoms with Crippen LogP contribution < -0.4 is 5.32 Å². The highest BCUT2D eigenvalue weighted by Crippen LogP contribution is 2.43. The van der Waals surface area contributed by atoms with Gasteiger partial charge in [-0.05, 0) is 30.8 Å². The lowest BCUT2D eigenvalue weighted by Crippen LogP contribution is -2.46. The van der Waals surface area contributed by atoms with Crippen molar-refractivity contribution in [1.29, 1.82) is 0 Å². The van der Waals surface area contributed by atoms with Crippen molar-refractivity contribution < 1.29 is 19.7 Å².